The predicted molar refractivity (Wildman–Crippen MR) is 105 cm³/mol. The number of para-hydroxylation sites is 1. The highest BCUT2D eigenvalue weighted by atomic mass is 32.2. The number of fused-ring (bicyclic) bond motifs is 3. The van der Waals surface area contributed by atoms with Crippen molar-refractivity contribution in [2.75, 3.05) is 6.54 Å². The van der Waals surface area contributed by atoms with Crippen molar-refractivity contribution in [2.24, 2.45) is 0 Å². The Morgan fingerprint density at radius 2 is 1.85 bits per heavy atom. The molecule has 2 heterocycles. The van der Waals surface area contributed by atoms with Crippen LogP contribution in [0.2, 0.25) is 0 Å². The maximum absolute atomic E-state index is 13.6. The first-order valence-corrected chi connectivity index (χ1v) is 10.5. The van der Waals surface area contributed by atoms with Gasteiger partial charge in [-0.3, -0.25) is 4.79 Å². The summed E-state index contributed by atoms with van der Waals surface area (Å²) in [5.41, 5.74) is 3.38. The highest BCUT2D eigenvalue weighted by Crippen LogP contribution is 2.37. The number of aromatic nitrogens is 1. The van der Waals surface area contributed by atoms with Gasteiger partial charge < -0.3 is 5.32 Å². The van der Waals surface area contributed by atoms with E-state index in [4.69, 9.17) is 0 Å². The van der Waals surface area contributed by atoms with E-state index in [0.29, 0.717) is 11.2 Å². The fourth-order valence-electron chi connectivity index (χ4n) is 3.91. The van der Waals surface area contributed by atoms with E-state index in [-0.39, 0.29) is 23.1 Å². The van der Waals surface area contributed by atoms with Crippen LogP contribution >= 0.6 is 0 Å². The summed E-state index contributed by atoms with van der Waals surface area (Å²) in [5.74, 6) is 0.0323. The molecule has 0 aliphatic carbocycles. The van der Waals surface area contributed by atoms with E-state index < -0.39 is 10.0 Å². The van der Waals surface area contributed by atoms with Crippen molar-refractivity contribution in [3.63, 3.8) is 0 Å². The average Bonchev–Trinajstić information content (AvgIpc) is 2.98. The number of aryl methyl sites for hydroxylation is 1. The van der Waals surface area contributed by atoms with E-state index in [1.54, 1.807) is 24.3 Å². The number of carbonyl (C=O) groups excluding carboxylic acids is 1. The van der Waals surface area contributed by atoms with Crippen LogP contribution in [0.5, 0.6) is 0 Å². The number of hydrogen-bond acceptors (Lipinski definition) is 4. The van der Waals surface area contributed by atoms with Crippen molar-refractivity contribution in [1.82, 2.24) is 9.29 Å². The molecule has 2 aromatic carbocycles. The van der Waals surface area contributed by atoms with Gasteiger partial charge in [-0.25, -0.2) is 12.4 Å². The molecule has 0 bridgehead atoms. The smallest absolute Gasteiger partial charge is 0.268 e. The maximum Gasteiger partial charge on any atom is 0.268 e. The topological polar surface area (TPSA) is 68.2 Å². The lowest BCUT2D eigenvalue weighted by Crippen LogP contribution is -2.33. The van der Waals surface area contributed by atoms with Crippen LogP contribution in [0.3, 0.4) is 0 Å². The van der Waals surface area contributed by atoms with Crippen LogP contribution < -0.4 is 5.32 Å². The number of benzene rings is 2. The fraction of sp³-hybridized carbons (Fsp3) is 0.286. The van der Waals surface area contributed by atoms with Gasteiger partial charge >= 0.3 is 0 Å². The zero-order chi connectivity index (χ0) is 19.2. The Hall–Kier alpha value is -2.44. The molecular formula is C21H22N2O3S. The lowest BCUT2D eigenvalue weighted by atomic mass is 9.96. The molecule has 5 nitrogen and oxygen atoms in total. The molecule has 0 unspecified atom stereocenters. The summed E-state index contributed by atoms with van der Waals surface area (Å²) >= 11 is 0. The Morgan fingerprint density at radius 1 is 1.15 bits per heavy atom. The first kappa shape index (κ1) is 17.9. The van der Waals surface area contributed by atoms with Crippen molar-refractivity contribution in [2.45, 2.75) is 37.6 Å². The van der Waals surface area contributed by atoms with Gasteiger partial charge in [-0.15, -0.1) is 0 Å². The van der Waals surface area contributed by atoms with E-state index in [1.807, 2.05) is 31.2 Å². The quantitative estimate of drug-likeness (QED) is 0.751. The second-order valence-electron chi connectivity index (χ2n) is 7.13. The Kier molecular flexibility index (Phi) is 4.40. The van der Waals surface area contributed by atoms with Crippen LogP contribution in [-0.4, -0.2) is 24.7 Å². The van der Waals surface area contributed by atoms with Gasteiger partial charge in [0.2, 0.25) is 0 Å². The van der Waals surface area contributed by atoms with Crippen molar-refractivity contribution in [3.8, 4) is 0 Å². The monoisotopic (exact) mass is 382 g/mol. The van der Waals surface area contributed by atoms with Crippen molar-refractivity contribution >= 4 is 26.7 Å². The maximum atomic E-state index is 13.6. The standard InChI is InChI=1S/C21H22N2O3S/c1-14-7-9-16(10-8-14)27(25,26)23-20-6-4-3-5-17(20)18-11-12-22-19(21(18)23)13-15(2)24/h3-10,19,22H,11-13H2,1-2H3/t19-/m1/s1. The zero-order valence-electron chi connectivity index (χ0n) is 15.4. The highest BCUT2D eigenvalue weighted by molar-refractivity contribution is 7.90. The third-order valence-corrected chi connectivity index (χ3v) is 6.86. The molecule has 1 aromatic heterocycles. The molecule has 1 aliphatic heterocycles. The molecule has 140 valence electrons. The largest absolute Gasteiger partial charge is 0.308 e. The van der Waals surface area contributed by atoms with Gasteiger partial charge in [0.15, 0.2) is 0 Å². The number of nitrogens with one attached hydrogen (secondary N) is 1. The summed E-state index contributed by atoms with van der Waals surface area (Å²) < 4.78 is 28.6. The first-order chi connectivity index (χ1) is 12.9. The van der Waals surface area contributed by atoms with Crippen molar-refractivity contribution in [1.29, 1.82) is 0 Å². The van der Waals surface area contributed by atoms with E-state index in [0.717, 1.165) is 29.5 Å². The molecular weight excluding hydrogens is 360 g/mol. The third kappa shape index (κ3) is 2.99. The van der Waals surface area contributed by atoms with Crippen LogP contribution in [0, 0.1) is 6.92 Å². The van der Waals surface area contributed by atoms with Crippen molar-refractivity contribution in [3.05, 3.63) is 65.4 Å². The van der Waals surface area contributed by atoms with Crippen molar-refractivity contribution < 1.29 is 13.2 Å². The van der Waals surface area contributed by atoms with E-state index >= 15 is 0 Å². The van der Waals surface area contributed by atoms with Crippen LogP contribution in [-0.2, 0) is 21.2 Å². The zero-order valence-corrected chi connectivity index (χ0v) is 16.2. The second kappa shape index (κ2) is 6.62. The molecule has 1 atom stereocenters. The molecule has 1 N–H and O–H groups in total. The molecule has 3 aromatic rings. The number of ketones is 1. The van der Waals surface area contributed by atoms with Gasteiger partial charge in [0, 0.05) is 11.8 Å². The molecule has 0 saturated heterocycles. The van der Waals surface area contributed by atoms with E-state index in [1.165, 1.54) is 10.9 Å². The molecule has 0 saturated carbocycles. The van der Waals surface area contributed by atoms with Gasteiger partial charge in [-0.1, -0.05) is 35.9 Å². The molecule has 6 heteroatoms. The summed E-state index contributed by atoms with van der Waals surface area (Å²) in [6.07, 6.45) is 1.01. The minimum absolute atomic E-state index is 0.0323. The number of nitrogens with zero attached hydrogens (tertiary/aromatic N) is 1. The van der Waals surface area contributed by atoms with E-state index in [2.05, 4.69) is 5.32 Å². The molecule has 0 radical (unpaired) electrons. The Labute approximate surface area is 159 Å². The number of rotatable bonds is 4. The van der Waals surface area contributed by atoms with Crippen LogP contribution in [0.4, 0.5) is 0 Å². The summed E-state index contributed by atoms with van der Waals surface area (Å²) in [5, 5.41) is 4.28. The first-order valence-electron chi connectivity index (χ1n) is 9.07. The minimum atomic E-state index is -3.78. The molecule has 1 aliphatic rings. The van der Waals surface area contributed by atoms with Gasteiger partial charge in [-0.2, -0.15) is 0 Å². The van der Waals surface area contributed by atoms with Crippen LogP contribution in [0.25, 0.3) is 10.9 Å². The second-order valence-corrected chi connectivity index (χ2v) is 8.91. The highest BCUT2D eigenvalue weighted by Gasteiger charge is 2.33. The Balaban J connectivity index is 2.02. The van der Waals surface area contributed by atoms with Crippen LogP contribution in [0.1, 0.15) is 36.2 Å². The van der Waals surface area contributed by atoms with Gasteiger partial charge in [-0.05, 0) is 50.6 Å². The number of carbonyl (C=O) groups is 1. The number of Topliss-reactive ketones (excluding diaryl/α,β-unsaturated/α-hetero) is 1. The van der Waals surface area contributed by atoms with Gasteiger partial charge in [0.1, 0.15) is 5.78 Å². The van der Waals surface area contributed by atoms with Gasteiger partial charge in [0.05, 0.1) is 22.1 Å². The number of hydrogen-bond donors (Lipinski definition) is 1. The molecule has 27 heavy (non-hydrogen) atoms. The molecule has 4 rings (SSSR count). The Morgan fingerprint density at radius 3 is 2.56 bits per heavy atom. The average molecular weight is 382 g/mol. The Bertz CT molecular complexity index is 1130. The SMILES string of the molecule is CC(=O)C[C@H]1NCCc2c1n(S(=O)(=O)c1ccc(C)cc1)c1ccccc21. The lowest BCUT2D eigenvalue weighted by molar-refractivity contribution is -0.117. The predicted octanol–water partition coefficient (Wildman–Crippen LogP) is 3.35. The fourth-order valence-corrected chi connectivity index (χ4v) is 5.52. The summed E-state index contributed by atoms with van der Waals surface area (Å²) in [4.78, 5) is 12.1. The summed E-state index contributed by atoms with van der Waals surface area (Å²) in [6, 6.07) is 14.2. The van der Waals surface area contributed by atoms with Gasteiger partial charge in [0.25, 0.3) is 10.0 Å². The van der Waals surface area contributed by atoms with E-state index in [9.17, 15) is 13.2 Å². The summed E-state index contributed by atoms with van der Waals surface area (Å²) in [6.45, 7) is 4.19. The molecule has 0 fully saturated rings. The molecule has 0 amide bonds. The minimum Gasteiger partial charge on any atom is -0.308 e. The summed E-state index contributed by atoms with van der Waals surface area (Å²) in [7, 11) is -3.78. The molecule has 0 spiro atoms. The lowest BCUT2D eigenvalue weighted by Gasteiger charge is -2.26. The normalized spacial score (nSPS) is 17.0. The van der Waals surface area contributed by atoms with Crippen LogP contribution in [0.15, 0.2) is 53.4 Å². The third-order valence-electron chi connectivity index (χ3n) is 5.12.